The van der Waals surface area contributed by atoms with Gasteiger partial charge in [-0.3, -0.25) is 14.4 Å². The van der Waals surface area contributed by atoms with E-state index in [2.05, 4.69) is 118 Å². The van der Waals surface area contributed by atoms with Crippen LogP contribution in [0.15, 0.2) is 97.2 Å². The molecular formula is C73H126O6. The molecular weight excluding hydrogens is 973 g/mol. The van der Waals surface area contributed by atoms with Gasteiger partial charge >= 0.3 is 17.9 Å². The van der Waals surface area contributed by atoms with Crippen molar-refractivity contribution in [2.75, 3.05) is 13.2 Å². The molecule has 0 fully saturated rings. The van der Waals surface area contributed by atoms with Crippen molar-refractivity contribution in [1.82, 2.24) is 0 Å². The van der Waals surface area contributed by atoms with Crippen LogP contribution in [0.3, 0.4) is 0 Å². The molecule has 0 aromatic heterocycles. The number of unbranched alkanes of at least 4 members (excludes halogenated alkanes) is 34. The molecule has 0 saturated carbocycles. The number of hydrogen-bond acceptors (Lipinski definition) is 6. The highest BCUT2D eigenvalue weighted by Crippen LogP contribution is 2.16. The predicted molar refractivity (Wildman–Crippen MR) is 344 cm³/mol. The Morgan fingerprint density at radius 3 is 0.797 bits per heavy atom. The zero-order valence-corrected chi connectivity index (χ0v) is 52.1. The van der Waals surface area contributed by atoms with Gasteiger partial charge in [0.25, 0.3) is 0 Å². The third-order valence-electron chi connectivity index (χ3n) is 14.5. The van der Waals surface area contributed by atoms with Gasteiger partial charge in [0.15, 0.2) is 6.10 Å². The molecule has 0 heterocycles. The van der Waals surface area contributed by atoms with Crippen molar-refractivity contribution >= 4 is 17.9 Å². The highest BCUT2D eigenvalue weighted by Gasteiger charge is 2.19. The average Bonchev–Trinajstić information content (AvgIpc) is 3.45. The van der Waals surface area contributed by atoms with Gasteiger partial charge in [-0.25, -0.2) is 0 Å². The number of carbonyl (C=O) groups is 3. The molecule has 0 bridgehead atoms. The summed E-state index contributed by atoms with van der Waals surface area (Å²) in [5.74, 6) is -0.885. The third-order valence-corrected chi connectivity index (χ3v) is 14.5. The topological polar surface area (TPSA) is 78.9 Å². The Morgan fingerprint density at radius 1 is 0.266 bits per heavy atom. The number of ether oxygens (including phenoxy) is 3. The summed E-state index contributed by atoms with van der Waals surface area (Å²) in [4.78, 5) is 38.4. The lowest BCUT2D eigenvalue weighted by Crippen LogP contribution is -2.30. The second-order valence-corrected chi connectivity index (χ2v) is 22.3. The van der Waals surface area contributed by atoms with Crippen molar-refractivity contribution in [1.29, 1.82) is 0 Å². The maximum atomic E-state index is 12.9. The molecule has 0 aliphatic heterocycles. The molecule has 0 rings (SSSR count). The Hall–Kier alpha value is -3.67. The molecule has 79 heavy (non-hydrogen) atoms. The number of hydrogen-bond donors (Lipinski definition) is 0. The number of rotatable bonds is 61. The summed E-state index contributed by atoms with van der Waals surface area (Å²) in [6, 6.07) is 0. The van der Waals surface area contributed by atoms with Crippen LogP contribution < -0.4 is 0 Å². The summed E-state index contributed by atoms with van der Waals surface area (Å²) < 4.78 is 16.9. The largest absolute Gasteiger partial charge is 0.462 e. The standard InChI is InChI=1S/C73H126O6/c1-4-7-10-13-16-19-22-25-27-29-31-33-34-35-36-37-38-40-41-43-45-48-51-54-57-60-63-66-72(75)78-69-70(68-77-71(74)65-62-59-56-53-50-47-24-21-18-15-12-9-6-3)79-73(76)67-64-61-58-55-52-49-46-44-42-39-32-30-28-26-23-20-17-14-11-8-5-2/h7,10,16,19,21,23-27,30-33,35-36,70H,4-6,8-9,11-15,17-18,20,22,28-29,34,37-69H2,1-3H3/b10-7-,19-16-,24-21-,26-23-,27-25-,32-30-,33-31-,36-35-. The van der Waals surface area contributed by atoms with Crippen LogP contribution >= 0.6 is 0 Å². The normalized spacial score (nSPS) is 12.7. The Balaban J connectivity index is 4.31. The summed E-state index contributed by atoms with van der Waals surface area (Å²) in [6.45, 7) is 6.52. The second-order valence-electron chi connectivity index (χ2n) is 22.3. The molecule has 0 N–H and O–H groups in total. The van der Waals surface area contributed by atoms with Crippen LogP contribution in [0.2, 0.25) is 0 Å². The molecule has 0 aromatic carbocycles. The van der Waals surface area contributed by atoms with Crippen molar-refractivity contribution < 1.29 is 28.6 Å². The summed E-state index contributed by atoms with van der Waals surface area (Å²) in [6.07, 6.45) is 89.9. The fraction of sp³-hybridized carbons (Fsp3) is 0.740. The van der Waals surface area contributed by atoms with Gasteiger partial charge in [0.2, 0.25) is 0 Å². The van der Waals surface area contributed by atoms with E-state index in [0.29, 0.717) is 19.3 Å². The Morgan fingerprint density at radius 2 is 0.494 bits per heavy atom. The van der Waals surface area contributed by atoms with Crippen molar-refractivity contribution in [3.63, 3.8) is 0 Å². The van der Waals surface area contributed by atoms with Crippen molar-refractivity contribution in [2.24, 2.45) is 0 Å². The van der Waals surface area contributed by atoms with Crippen molar-refractivity contribution in [2.45, 2.75) is 335 Å². The van der Waals surface area contributed by atoms with Gasteiger partial charge in [0.05, 0.1) is 0 Å². The molecule has 0 radical (unpaired) electrons. The molecule has 0 aliphatic rings. The highest BCUT2D eigenvalue weighted by molar-refractivity contribution is 5.71. The number of carbonyl (C=O) groups excluding carboxylic acids is 3. The average molecular weight is 1100 g/mol. The van der Waals surface area contributed by atoms with E-state index in [-0.39, 0.29) is 31.1 Å². The van der Waals surface area contributed by atoms with Gasteiger partial charge in [0, 0.05) is 19.3 Å². The van der Waals surface area contributed by atoms with E-state index < -0.39 is 6.10 Å². The summed E-state index contributed by atoms with van der Waals surface area (Å²) in [5.41, 5.74) is 0. The van der Waals surface area contributed by atoms with Crippen LogP contribution in [0.1, 0.15) is 329 Å². The maximum absolute atomic E-state index is 12.9. The summed E-state index contributed by atoms with van der Waals surface area (Å²) >= 11 is 0. The molecule has 1 unspecified atom stereocenters. The zero-order chi connectivity index (χ0) is 57.1. The smallest absolute Gasteiger partial charge is 0.306 e. The minimum Gasteiger partial charge on any atom is -0.462 e. The van der Waals surface area contributed by atoms with Crippen LogP contribution in [0.25, 0.3) is 0 Å². The van der Waals surface area contributed by atoms with E-state index in [1.54, 1.807) is 0 Å². The molecule has 0 spiro atoms. The van der Waals surface area contributed by atoms with Gasteiger partial charge in [-0.05, 0) is 122 Å². The Bertz CT molecular complexity index is 1540. The molecule has 0 aliphatic carbocycles. The third kappa shape index (κ3) is 65.0. The van der Waals surface area contributed by atoms with E-state index in [0.717, 1.165) is 103 Å². The quantitative estimate of drug-likeness (QED) is 0.0261. The maximum Gasteiger partial charge on any atom is 0.306 e. The zero-order valence-electron chi connectivity index (χ0n) is 52.1. The van der Waals surface area contributed by atoms with Crippen LogP contribution in [0.4, 0.5) is 0 Å². The first kappa shape index (κ1) is 75.3. The summed E-state index contributed by atoms with van der Waals surface area (Å²) in [5, 5.41) is 0. The monoisotopic (exact) mass is 1100 g/mol. The second kappa shape index (κ2) is 66.8. The van der Waals surface area contributed by atoms with Gasteiger partial charge in [-0.15, -0.1) is 0 Å². The fourth-order valence-corrected chi connectivity index (χ4v) is 9.50. The van der Waals surface area contributed by atoms with E-state index in [4.69, 9.17) is 14.2 Å². The predicted octanol–water partition coefficient (Wildman–Crippen LogP) is 23.2. The molecule has 1 atom stereocenters. The van der Waals surface area contributed by atoms with Crippen LogP contribution in [-0.4, -0.2) is 37.2 Å². The minimum absolute atomic E-state index is 0.0820. The van der Waals surface area contributed by atoms with Crippen molar-refractivity contribution in [3.05, 3.63) is 97.2 Å². The lowest BCUT2D eigenvalue weighted by atomic mass is 10.0. The summed E-state index contributed by atoms with van der Waals surface area (Å²) in [7, 11) is 0. The van der Waals surface area contributed by atoms with Crippen LogP contribution in [0, 0.1) is 0 Å². The van der Waals surface area contributed by atoms with Gasteiger partial charge in [0.1, 0.15) is 13.2 Å². The first-order valence-electron chi connectivity index (χ1n) is 33.7. The lowest BCUT2D eigenvalue weighted by molar-refractivity contribution is -0.167. The van der Waals surface area contributed by atoms with Crippen LogP contribution in [-0.2, 0) is 28.6 Å². The van der Waals surface area contributed by atoms with Crippen molar-refractivity contribution in [3.8, 4) is 0 Å². The first-order chi connectivity index (χ1) is 39.0. The molecule has 6 heteroatoms. The highest BCUT2D eigenvalue weighted by atomic mass is 16.6. The van der Waals surface area contributed by atoms with E-state index >= 15 is 0 Å². The minimum atomic E-state index is -0.786. The molecule has 0 aromatic rings. The molecule has 454 valence electrons. The molecule has 6 nitrogen and oxygen atoms in total. The van der Waals surface area contributed by atoms with E-state index in [1.807, 2.05) is 0 Å². The fourth-order valence-electron chi connectivity index (χ4n) is 9.50. The van der Waals surface area contributed by atoms with Gasteiger partial charge in [-0.1, -0.05) is 285 Å². The van der Waals surface area contributed by atoms with Gasteiger partial charge < -0.3 is 14.2 Å². The van der Waals surface area contributed by atoms with E-state index in [9.17, 15) is 14.4 Å². The number of esters is 3. The molecule has 0 amide bonds. The number of allylic oxidation sites excluding steroid dienone is 16. The van der Waals surface area contributed by atoms with E-state index in [1.165, 1.54) is 186 Å². The molecule has 0 saturated heterocycles. The lowest BCUT2D eigenvalue weighted by Gasteiger charge is -2.18. The SMILES string of the molecule is CC/C=C\C/C=C\C/C=C\C/C=C\C/C=C\CCCCCCCCCCCCCC(=O)OCC(COC(=O)CCCCCCC/C=C\CCCCCC)OC(=O)CCCCCCCCCCC/C=C\C/C=C\CCCCCCC. The van der Waals surface area contributed by atoms with Gasteiger partial charge in [-0.2, -0.15) is 0 Å². The van der Waals surface area contributed by atoms with Crippen LogP contribution in [0.5, 0.6) is 0 Å². The Labute approximate surface area is 489 Å². The Kier molecular flexibility index (Phi) is 63.7. The first-order valence-corrected chi connectivity index (χ1v) is 33.7.